The average molecular weight is 389 g/mol. The van der Waals surface area contributed by atoms with E-state index in [1.54, 1.807) is 29.6 Å². The summed E-state index contributed by atoms with van der Waals surface area (Å²) in [7, 11) is 0. The van der Waals surface area contributed by atoms with Crippen molar-refractivity contribution in [3.8, 4) is 0 Å². The molecule has 0 aliphatic carbocycles. The highest BCUT2D eigenvalue weighted by molar-refractivity contribution is 7.14. The zero-order valence-electron chi connectivity index (χ0n) is 14.3. The van der Waals surface area contributed by atoms with E-state index in [2.05, 4.69) is 15.6 Å². The number of benzene rings is 1. The quantitative estimate of drug-likeness (QED) is 0.335. The third-order valence-electron chi connectivity index (χ3n) is 3.38. The van der Waals surface area contributed by atoms with Gasteiger partial charge in [0, 0.05) is 12.0 Å². The molecule has 2 rings (SSSR count). The van der Waals surface area contributed by atoms with Crippen molar-refractivity contribution in [1.82, 2.24) is 5.32 Å². The van der Waals surface area contributed by atoms with E-state index in [4.69, 9.17) is 16.6 Å². The minimum absolute atomic E-state index is 0.0253. The third-order valence-corrected chi connectivity index (χ3v) is 4.26. The molecule has 9 nitrogen and oxygen atoms in total. The van der Waals surface area contributed by atoms with Gasteiger partial charge in [0.15, 0.2) is 5.96 Å². The summed E-state index contributed by atoms with van der Waals surface area (Å²) in [4.78, 5) is 38.8. The Kier molecular flexibility index (Phi) is 6.89. The number of aliphatic carboxylic acids is 1. The first kappa shape index (κ1) is 19.9. The Balaban J connectivity index is 1.91. The number of anilines is 1. The number of nitrogens with zero attached hydrogens (tertiary/aromatic N) is 1. The number of nitrogens with one attached hydrogen (secondary N) is 2. The Morgan fingerprint density at radius 1 is 1.19 bits per heavy atom. The van der Waals surface area contributed by atoms with Crippen LogP contribution in [0, 0.1) is 0 Å². The first-order valence-corrected chi connectivity index (χ1v) is 8.79. The van der Waals surface area contributed by atoms with Gasteiger partial charge in [-0.25, -0.2) is 4.99 Å². The van der Waals surface area contributed by atoms with Gasteiger partial charge in [0.2, 0.25) is 5.91 Å². The molecule has 0 saturated heterocycles. The number of hydrogen-bond donors (Lipinski definition) is 5. The maximum atomic E-state index is 12.2. The minimum Gasteiger partial charge on any atom is -0.481 e. The third kappa shape index (κ3) is 6.44. The summed E-state index contributed by atoms with van der Waals surface area (Å²) in [6.07, 6.45) is 0.293. The van der Waals surface area contributed by atoms with E-state index in [1.165, 1.54) is 17.4 Å². The Hall–Kier alpha value is -3.40. The van der Waals surface area contributed by atoms with Gasteiger partial charge in [-0.05, 0) is 41.6 Å². The number of carbonyl (C=O) groups is 3. The van der Waals surface area contributed by atoms with Crippen LogP contribution >= 0.6 is 11.3 Å². The molecule has 1 aromatic carbocycles. The van der Waals surface area contributed by atoms with Gasteiger partial charge < -0.3 is 27.2 Å². The maximum absolute atomic E-state index is 12.2. The molecule has 27 heavy (non-hydrogen) atoms. The molecule has 1 heterocycles. The summed E-state index contributed by atoms with van der Waals surface area (Å²) in [6.45, 7) is -0.234. The molecule has 1 aromatic heterocycles. The second-order valence-electron chi connectivity index (χ2n) is 5.49. The normalized spacial score (nSPS) is 10.1. The number of carboxylic acids is 1. The van der Waals surface area contributed by atoms with Gasteiger partial charge in [0.25, 0.3) is 5.91 Å². The zero-order valence-corrected chi connectivity index (χ0v) is 15.1. The van der Waals surface area contributed by atoms with Gasteiger partial charge >= 0.3 is 5.97 Å². The van der Waals surface area contributed by atoms with E-state index in [9.17, 15) is 14.4 Å². The van der Waals surface area contributed by atoms with Crippen LogP contribution in [0.3, 0.4) is 0 Å². The number of aliphatic imine (C=N–C) groups is 1. The van der Waals surface area contributed by atoms with Crippen LogP contribution < -0.4 is 22.1 Å². The van der Waals surface area contributed by atoms with E-state index in [-0.39, 0.29) is 18.9 Å². The SMILES string of the molecule is NC(N)=Nc1cccc(C(=O)NCC(=O)Nc2sccc2CCC(=O)O)c1. The highest BCUT2D eigenvalue weighted by Crippen LogP contribution is 2.24. The van der Waals surface area contributed by atoms with Crippen molar-refractivity contribution < 1.29 is 19.5 Å². The predicted octanol–water partition coefficient (Wildman–Crippen LogP) is 1.04. The van der Waals surface area contributed by atoms with Crippen LogP contribution in [0.1, 0.15) is 22.3 Å². The Morgan fingerprint density at radius 2 is 1.96 bits per heavy atom. The van der Waals surface area contributed by atoms with Crippen molar-refractivity contribution in [1.29, 1.82) is 0 Å². The van der Waals surface area contributed by atoms with Crippen LogP contribution in [0.5, 0.6) is 0 Å². The van der Waals surface area contributed by atoms with Gasteiger partial charge in [-0.1, -0.05) is 6.07 Å². The highest BCUT2D eigenvalue weighted by Gasteiger charge is 2.12. The van der Waals surface area contributed by atoms with Crippen LogP contribution in [-0.2, 0) is 16.0 Å². The molecule has 0 aliphatic rings. The zero-order chi connectivity index (χ0) is 19.8. The van der Waals surface area contributed by atoms with Crippen LogP contribution in [0.2, 0.25) is 0 Å². The molecule has 0 unspecified atom stereocenters. The van der Waals surface area contributed by atoms with Gasteiger partial charge in [0.05, 0.1) is 17.2 Å². The summed E-state index contributed by atoms with van der Waals surface area (Å²) < 4.78 is 0. The van der Waals surface area contributed by atoms with Crippen LogP contribution in [0.15, 0.2) is 40.7 Å². The van der Waals surface area contributed by atoms with Crippen molar-refractivity contribution in [2.75, 3.05) is 11.9 Å². The Bertz CT molecular complexity index is 874. The summed E-state index contributed by atoms with van der Waals surface area (Å²) in [5.41, 5.74) is 12.1. The Morgan fingerprint density at radius 3 is 2.67 bits per heavy atom. The topological polar surface area (TPSA) is 160 Å². The summed E-state index contributed by atoms with van der Waals surface area (Å²) in [6, 6.07) is 8.09. The number of hydrogen-bond acceptors (Lipinski definition) is 5. The lowest BCUT2D eigenvalue weighted by molar-refractivity contribution is -0.136. The summed E-state index contributed by atoms with van der Waals surface area (Å²) in [5, 5.41) is 16.3. The number of nitrogens with two attached hydrogens (primary N) is 2. The van der Waals surface area contributed by atoms with Gasteiger partial charge in [0.1, 0.15) is 0 Å². The molecule has 142 valence electrons. The van der Waals surface area contributed by atoms with Gasteiger partial charge in [-0.2, -0.15) is 0 Å². The van der Waals surface area contributed by atoms with Crippen LogP contribution in [0.25, 0.3) is 0 Å². The number of carboxylic acid groups (broad SMARTS) is 1. The first-order chi connectivity index (χ1) is 12.8. The van der Waals surface area contributed by atoms with Crippen molar-refractivity contribution in [3.05, 3.63) is 46.8 Å². The monoisotopic (exact) mass is 389 g/mol. The van der Waals surface area contributed by atoms with Crippen molar-refractivity contribution in [2.24, 2.45) is 16.5 Å². The molecule has 0 radical (unpaired) electrons. The van der Waals surface area contributed by atoms with E-state index in [1.807, 2.05) is 0 Å². The molecule has 0 bridgehead atoms. The molecular formula is C17H19N5O4S. The molecule has 0 aliphatic heterocycles. The number of carbonyl (C=O) groups excluding carboxylic acids is 2. The molecule has 2 amide bonds. The van der Waals surface area contributed by atoms with Gasteiger partial charge in [-0.3, -0.25) is 14.4 Å². The summed E-state index contributed by atoms with van der Waals surface area (Å²) in [5.74, 6) is -1.90. The number of thiophene rings is 1. The average Bonchev–Trinajstić information content (AvgIpc) is 3.04. The maximum Gasteiger partial charge on any atom is 0.303 e. The molecule has 0 spiro atoms. The van der Waals surface area contributed by atoms with Crippen LogP contribution in [0.4, 0.5) is 10.7 Å². The van der Waals surface area contributed by atoms with E-state index in [0.29, 0.717) is 22.7 Å². The molecule has 10 heteroatoms. The molecule has 0 atom stereocenters. The smallest absolute Gasteiger partial charge is 0.303 e. The first-order valence-electron chi connectivity index (χ1n) is 7.91. The van der Waals surface area contributed by atoms with Crippen molar-refractivity contribution >= 4 is 45.8 Å². The molecule has 0 fully saturated rings. The number of amides is 2. The molecule has 0 saturated carbocycles. The number of guanidine groups is 1. The predicted molar refractivity (Wildman–Crippen MR) is 103 cm³/mol. The standard InChI is InChI=1S/C17H19N5O4S/c18-17(19)21-12-3-1-2-11(8-12)15(26)20-9-13(23)22-16-10(6-7-27-16)4-5-14(24)25/h1-3,6-8H,4-5,9H2,(H,20,26)(H,22,23)(H,24,25)(H4,18,19,21). The second-order valence-corrected chi connectivity index (χ2v) is 6.40. The van der Waals surface area contributed by atoms with Crippen molar-refractivity contribution in [2.45, 2.75) is 12.8 Å². The summed E-state index contributed by atoms with van der Waals surface area (Å²) >= 11 is 1.29. The molecule has 2 aromatic rings. The number of rotatable bonds is 8. The lowest BCUT2D eigenvalue weighted by Crippen LogP contribution is -2.32. The van der Waals surface area contributed by atoms with E-state index in [0.717, 1.165) is 5.56 Å². The van der Waals surface area contributed by atoms with Crippen LogP contribution in [-0.4, -0.2) is 35.4 Å². The second kappa shape index (κ2) is 9.34. The Labute approximate surface area is 159 Å². The highest BCUT2D eigenvalue weighted by atomic mass is 32.1. The molecule has 7 N–H and O–H groups in total. The lowest BCUT2D eigenvalue weighted by atomic mass is 10.2. The lowest BCUT2D eigenvalue weighted by Gasteiger charge is -2.08. The van der Waals surface area contributed by atoms with E-state index < -0.39 is 17.8 Å². The number of aryl methyl sites for hydroxylation is 1. The fraction of sp³-hybridized carbons (Fsp3) is 0.176. The van der Waals surface area contributed by atoms with Crippen molar-refractivity contribution in [3.63, 3.8) is 0 Å². The fourth-order valence-electron chi connectivity index (χ4n) is 2.18. The van der Waals surface area contributed by atoms with E-state index >= 15 is 0 Å². The fourth-order valence-corrected chi connectivity index (χ4v) is 3.05. The largest absolute Gasteiger partial charge is 0.481 e. The van der Waals surface area contributed by atoms with Gasteiger partial charge in [-0.15, -0.1) is 11.3 Å². The minimum atomic E-state index is -0.909. The molecular weight excluding hydrogens is 370 g/mol.